The molecule has 2 aliphatic rings. The standard InChI is InChI=1S/C22H23FN8O2/c1-30-8-10-31(11-9-30)15-4-2-14(3-5-15)25-22-24-12-16(23)20(29-22)26-18-7-6-17-21(27-18)28-19(32)13-33-17/h2-7,12H,8-11,13H2,1H3,(H3,24,25,26,27,28,29,32). The normalized spacial score (nSPS) is 15.9. The molecule has 3 N–H and O–H groups in total. The number of carbonyl (C=O) groups is 1. The Balaban J connectivity index is 1.28. The number of carbonyl (C=O) groups excluding carboxylic acids is 1. The molecule has 0 radical (unpaired) electrons. The molecule has 2 aromatic heterocycles. The van der Waals surface area contributed by atoms with E-state index in [1.165, 1.54) is 0 Å². The van der Waals surface area contributed by atoms with Crippen molar-refractivity contribution in [2.24, 2.45) is 0 Å². The van der Waals surface area contributed by atoms with E-state index < -0.39 is 5.82 Å². The van der Waals surface area contributed by atoms with Gasteiger partial charge in [-0.05, 0) is 43.4 Å². The number of likely N-dealkylation sites (N-methyl/N-ethyl adjacent to an activating group) is 1. The monoisotopic (exact) mass is 450 g/mol. The minimum Gasteiger partial charge on any atom is -0.480 e. The molecule has 170 valence electrons. The van der Waals surface area contributed by atoms with E-state index in [2.05, 4.69) is 47.7 Å². The first-order valence-corrected chi connectivity index (χ1v) is 10.6. The SMILES string of the molecule is CN1CCN(c2ccc(Nc3ncc(F)c(Nc4ccc5c(n4)NC(=O)CO5)n3)cc2)CC1. The van der Waals surface area contributed by atoms with Crippen LogP contribution in [-0.4, -0.2) is 65.6 Å². The van der Waals surface area contributed by atoms with Gasteiger partial charge in [0.15, 0.2) is 29.8 Å². The Labute approximate surface area is 189 Å². The van der Waals surface area contributed by atoms with Gasteiger partial charge in [0, 0.05) is 37.6 Å². The van der Waals surface area contributed by atoms with Crippen molar-refractivity contribution in [1.82, 2.24) is 19.9 Å². The van der Waals surface area contributed by atoms with Crippen molar-refractivity contribution >= 4 is 40.7 Å². The van der Waals surface area contributed by atoms with Gasteiger partial charge in [0.2, 0.25) is 5.95 Å². The van der Waals surface area contributed by atoms with E-state index in [1.807, 2.05) is 24.3 Å². The molecule has 1 fully saturated rings. The molecule has 3 aromatic rings. The molecule has 0 bridgehead atoms. The zero-order valence-electron chi connectivity index (χ0n) is 18.0. The number of anilines is 6. The van der Waals surface area contributed by atoms with Crippen LogP contribution in [0, 0.1) is 5.82 Å². The predicted octanol–water partition coefficient (Wildman–Crippen LogP) is 2.58. The summed E-state index contributed by atoms with van der Waals surface area (Å²) in [4.78, 5) is 28.7. The number of pyridine rings is 1. The van der Waals surface area contributed by atoms with Crippen molar-refractivity contribution in [1.29, 1.82) is 0 Å². The molecule has 0 unspecified atom stereocenters. The minimum absolute atomic E-state index is 0.0444. The lowest BCUT2D eigenvalue weighted by Gasteiger charge is -2.34. The summed E-state index contributed by atoms with van der Waals surface area (Å²) in [6.45, 7) is 4.00. The minimum atomic E-state index is -0.634. The summed E-state index contributed by atoms with van der Waals surface area (Å²) >= 11 is 0. The summed E-state index contributed by atoms with van der Waals surface area (Å²) in [5.74, 6) is 0.281. The maximum absolute atomic E-state index is 14.3. The van der Waals surface area contributed by atoms with E-state index >= 15 is 0 Å². The first-order chi connectivity index (χ1) is 16.0. The van der Waals surface area contributed by atoms with E-state index in [4.69, 9.17) is 4.74 Å². The molecule has 0 saturated carbocycles. The second-order valence-corrected chi connectivity index (χ2v) is 7.86. The Morgan fingerprint density at radius 2 is 1.82 bits per heavy atom. The third kappa shape index (κ3) is 4.77. The highest BCUT2D eigenvalue weighted by atomic mass is 19.1. The average Bonchev–Trinajstić information content (AvgIpc) is 2.82. The Kier molecular flexibility index (Phi) is 5.61. The highest BCUT2D eigenvalue weighted by molar-refractivity contribution is 5.94. The van der Waals surface area contributed by atoms with Gasteiger partial charge in [0.1, 0.15) is 5.82 Å². The van der Waals surface area contributed by atoms with Crippen LogP contribution < -0.4 is 25.6 Å². The maximum atomic E-state index is 14.3. The van der Waals surface area contributed by atoms with Crippen LogP contribution in [0.15, 0.2) is 42.6 Å². The highest BCUT2D eigenvalue weighted by Crippen LogP contribution is 2.28. The number of benzene rings is 1. The van der Waals surface area contributed by atoms with Crippen LogP contribution in [0.1, 0.15) is 0 Å². The van der Waals surface area contributed by atoms with Crippen molar-refractivity contribution < 1.29 is 13.9 Å². The molecule has 4 heterocycles. The lowest BCUT2D eigenvalue weighted by Crippen LogP contribution is -2.44. The van der Waals surface area contributed by atoms with E-state index in [9.17, 15) is 9.18 Å². The summed E-state index contributed by atoms with van der Waals surface area (Å²) < 4.78 is 19.6. The summed E-state index contributed by atoms with van der Waals surface area (Å²) in [5.41, 5.74) is 1.95. The number of piperazine rings is 1. The number of hydrogen-bond acceptors (Lipinski definition) is 9. The fourth-order valence-corrected chi connectivity index (χ4v) is 3.62. The van der Waals surface area contributed by atoms with E-state index in [0.29, 0.717) is 11.6 Å². The van der Waals surface area contributed by atoms with Crippen LogP contribution in [0.4, 0.5) is 39.2 Å². The van der Waals surface area contributed by atoms with Gasteiger partial charge in [-0.1, -0.05) is 0 Å². The van der Waals surface area contributed by atoms with Crippen LogP contribution in [0.5, 0.6) is 5.75 Å². The van der Waals surface area contributed by atoms with Crippen molar-refractivity contribution in [3.8, 4) is 5.75 Å². The number of aromatic nitrogens is 3. The number of halogens is 1. The first kappa shape index (κ1) is 20.9. The number of hydrogen-bond donors (Lipinski definition) is 3. The Bertz CT molecular complexity index is 1170. The van der Waals surface area contributed by atoms with Crippen molar-refractivity contribution in [3.05, 3.63) is 48.4 Å². The third-order valence-electron chi connectivity index (χ3n) is 5.46. The summed E-state index contributed by atoms with van der Waals surface area (Å²) in [7, 11) is 2.13. The van der Waals surface area contributed by atoms with Gasteiger partial charge >= 0.3 is 0 Å². The fourth-order valence-electron chi connectivity index (χ4n) is 3.62. The number of nitrogens with one attached hydrogen (secondary N) is 3. The van der Waals surface area contributed by atoms with E-state index in [-0.39, 0.29) is 30.1 Å². The van der Waals surface area contributed by atoms with Crippen molar-refractivity contribution in [3.63, 3.8) is 0 Å². The molecule has 5 rings (SSSR count). The molecule has 33 heavy (non-hydrogen) atoms. The topological polar surface area (TPSA) is 108 Å². The molecule has 2 aliphatic heterocycles. The van der Waals surface area contributed by atoms with Gasteiger partial charge in [0.25, 0.3) is 5.91 Å². The molecular formula is C22H23FN8O2. The molecule has 0 atom stereocenters. The highest BCUT2D eigenvalue weighted by Gasteiger charge is 2.18. The van der Waals surface area contributed by atoms with Gasteiger partial charge in [0.05, 0.1) is 6.20 Å². The molecule has 1 aromatic carbocycles. The second kappa shape index (κ2) is 8.87. The molecule has 1 saturated heterocycles. The zero-order chi connectivity index (χ0) is 22.8. The number of ether oxygens (including phenoxy) is 1. The molecule has 11 heteroatoms. The summed E-state index contributed by atoms with van der Waals surface area (Å²) in [5, 5.41) is 8.54. The van der Waals surface area contributed by atoms with Gasteiger partial charge in [-0.15, -0.1) is 0 Å². The van der Waals surface area contributed by atoms with E-state index in [1.54, 1.807) is 12.1 Å². The summed E-state index contributed by atoms with van der Waals surface area (Å²) in [6, 6.07) is 11.2. The number of rotatable bonds is 5. The fraction of sp³-hybridized carbons (Fsp3) is 0.273. The smallest absolute Gasteiger partial charge is 0.263 e. The van der Waals surface area contributed by atoms with E-state index in [0.717, 1.165) is 43.8 Å². The van der Waals surface area contributed by atoms with Crippen LogP contribution in [0.25, 0.3) is 0 Å². The van der Waals surface area contributed by atoms with Crippen LogP contribution in [-0.2, 0) is 4.79 Å². The van der Waals surface area contributed by atoms with Crippen molar-refractivity contribution in [2.75, 3.05) is 60.7 Å². The lowest BCUT2D eigenvalue weighted by atomic mass is 10.2. The molecule has 1 amide bonds. The Morgan fingerprint density at radius 3 is 2.61 bits per heavy atom. The quantitative estimate of drug-likeness (QED) is 0.541. The van der Waals surface area contributed by atoms with Gasteiger partial charge in [-0.2, -0.15) is 4.98 Å². The number of fused-ring (bicyclic) bond motifs is 1. The third-order valence-corrected chi connectivity index (χ3v) is 5.46. The van der Waals surface area contributed by atoms with Gasteiger partial charge in [-0.3, -0.25) is 4.79 Å². The molecule has 10 nitrogen and oxygen atoms in total. The first-order valence-electron chi connectivity index (χ1n) is 10.6. The zero-order valence-corrected chi connectivity index (χ0v) is 18.0. The largest absolute Gasteiger partial charge is 0.480 e. The lowest BCUT2D eigenvalue weighted by molar-refractivity contribution is -0.118. The van der Waals surface area contributed by atoms with Crippen LogP contribution in [0.3, 0.4) is 0 Å². The van der Waals surface area contributed by atoms with Crippen molar-refractivity contribution in [2.45, 2.75) is 0 Å². The number of amides is 1. The maximum Gasteiger partial charge on any atom is 0.263 e. The number of nitrogens with zero attached hydrogens (tertiary/aromatic N) is 5. The molecular weight excluding hydrogens is 427 g/mol. The van der Waals surface area contributed by atoms with Crippen LogP contribution in [0.2, 0.25) is 0 Å². The predicted molar refractivity (Wildman–Crippen MR) is 123 cm³/mol. The average molecular weight is 450 g/mol. The Hall–Kier alpha value is -3.99. The summed E-state index contributed by atoms with van der Waals surface area (Å²) in [6.07, 6.45) is 1.08. The van der Waals surface area contributed by atoms with Gasteiger partial charge in [-0.25, -0.2) is 14.4 Å². The van der Waals surface area contributed by atoms with Gasteiger partial charge < -0.3 is 30.5 Å². The van der Waals surface area contributed by atoms with Crippen LogP contribution >= 0.6 is 0 Å². The molecule has 0 aliphatic carbocycles. The Morgan fingerprint density at radius 1 is 1.03 bits per heavy atom. The second-order valence-electron chi connectivity index (χ2n) is 7.86. The molecule has 0 spiro atoms.